The van der Waals surface area contributed by atoms with Crippen LogP contribution in [0.3, 0.4) is 0 Å². The van der Waals surface area contributed by atoms with Crippen LogP contribution in [0, 0.1) is 13.8 Å². The van der Waals surface area contributed by atoms with Gasteiger partial charge in [0.1, 0.15) is 11.5 Å². The summed E-state index contributed by atoms with van der Waals surface area (Å²) >= 11 is 6.00. The topological polar surface area (TPSA) is 62.5 Å². The minimum Gasteiger partial charge on any atom is -0.466 e. The fraction of sp³-hybridized carbons (Fsp3) is 0.476. The lowest BCUT2D eigenvalue weighted by Crippen LogP contribution is -2.43. The monoisotopic (exact) mass is 375 g/mol. The van der Waals surface area contributed by atoms with Crippen LogP contribution in [0.2, 0.25) is 5.02 Å². The lowest BCUT2D eigenvalue weighted by atomic mass is 9.78. The molecule has 0 radical (unpaired) electrons. The van der Waals surface area contributed by atoms with E-state index in [1.54, 1.807) is 0 Å². The molecule has 1 heterocycles. The highest BCUT2D eigenvalue weighted by Crippen LogP contribution is 2.41. The maximum Gasteiger partial charge on any atom is 0.230 e. The molecule has 5 heteroatoms. The summed E-state index contributed by atoms with van der Waals surface area (Å²) in [6.07, 6.45) is 3.62. The second-order valence-corrected chi connectivity index (χ2v) is 7.66. The summed E-state index contributed by atoms with van der Waals surface area (Å²) in [6, 6.07) is 9.46. The fourth-order valence-corrected chi connectivity index (χ4v) is 4.15. The van der Waals surface area contributed by atoms with E-state index in [9.17, 15) is 9.90 Å². The normalized spacial score (nSPS) is 17.2. The Balaban J connectivity index is 1.64. The molecule has 4 nitrogen and oxygen atoms in total. The Bertz CT molecular complexity index is 760. The van der Waals surface area contributed by atoms with Gasteiger partial charge in [-0.2, -0.15) is 0 Å². The third-order valence-electron chi connectivity index (χ3n) is 5.43. The number of carbonyl (C=O) groups is 1. The molecule has 140 valence electrons. The van der Waals surface area contributed by atoms with Crippen molar-refractivity contribution < 1.29 is 14.3 Å². The first-order valence-corrected chi connectivity index (χ1v) is 9.59. The number of aryl methyl sites for hydroxylation is 2. The fourth-order valence-electron chi connectivity index (χ4n) is 4.02. The molecular weight excluding hydrogens is 350 g/mol. The van der Waals surface area contributed by atoms with Crippen LogP contribution in [0.5, 0.6) is 0 Å². The molecule has 2 N–H and O–H groups in total. The number of aliphatic hydroxyl groups is 1. The van der Waals surface area contributed by atoms with Gasteiger partial charge >= 0.3 is 0 Å². The standard InChI is InChI=1S/C21H26ClNO3/c1-14-13-18(15(2)26-14)19(24)9-12-23-20(25)21(10-3-4-11-21)16-5-7-17(22)8-6-16/h5-8,13,19,24H,3-4,9-12H2,1-2H3,(H,23,25). The van der Waals surface area contributed by atoms with Crippen LogP contribution in [0.1, 0.15) is 60.9 Å². The Morgan fingerprint density at radius 2 is 1.92 bits per heavy atom. The van der Waals surface area contributed by atoms with Gasteiger partial charge in [0.2, 0.25) is 5.91 Å². The molecule has 26 heavy (non-hydrogen) atoms. The molecule has 0 spiro atoms. The zero-order valence-electron chi connectivity index (χ0n) is 15.3. The van der Waals surface area contributed by atoms with Gasteiger partial charge in [0.15, 0.2) is 0 Å². The van der Waals surface area contributed by atoms with Crippen LogP contribution < -0.4 is 5.32 Å². The van der Waals surface area contributed by atoms with Crippen LogP contribution in [0.15, 0.2) is 34.7 Å². The van der Waals surface area contributed by atoms with Gasteiger partial charge in [0.25, 0.3) is 0 Å². The second-order valence-electron chi connectivity index (χ2n) is 7.23. The van der Waals surface area contributed by atoms with E-state index in [0.717, 1.165) is 48.3 Å². The van der Waals surface area contributed by atoms with Crippen molar-refractivity contribution in [3.63, 3.8) is 0 Å². The first-order valence-electron chi connectivity index (χ1n) is 9.22. The predicted molar refractivity (Wildman–Crippen MR) is 102 cm³/mol. The highest BCUT2D eigenvalue weighted by atomic mass is 35.5. The van der Waals surface area contributed by atoms with Gasteiger partial charge in [-0.15, -0.1) is 0 Å². The van der Waals surface area contributed by atoms with Crippen LogP contribution in [-0.2, 0) is 10.2 Å². The molecule has 1 fully saturated rings. The van der Waals surface area contributed by atoms with Crippen molar-refractivity contribution in [3.05, 3.63) is 58.0 Å². The van der Waals surface area contributed by atoms with Crippen molar-refractivity contribution in [3.8, 4) is 0 Å². The zero-order chi connectivity index (χ0) is 18.7. The average Bonchev–Trinajstić information content (AvgIpc) is 3.22. The average molecular weight is 376 g/mol. The first-order chi connectivity index (χ1) is 12.4. The van der Waals surface area contributed by atoms with E-state index in [4.69, 9.17) is 16.0 Å². The minimum atomic E-state index is -0.636. The van der Waals surface area contributed by atoms with E-state index in [2.05, 4.69) is 5.32 Å². The van der Waals surface area contributed by atoms with Gasteiger partial charge in [0.05, 0.1) is 11.5 Å². The van der Waals surface area contributed by atoms with Crippen molar-refractivity contribution in [1.29, 1.82) is 0 Å². The Labute approximate surface area is 159 Å². The Hall–Kier alpha value is -1.78. The van der Waals surface area contributed by atoms with E-state index >= 15 is 0 Å². The zero-order valence-corrected chi connectivity index (χ0v) is 16.1. The summed E-state index contributed by atoms with van der Waals surface area (Å²) in [6.45, 7) is 4.14. The number of aliphatic hydroxyl groups excluding tert-OH is 1. The van der Waals surface area contributed by atoms with E-state index in [-0.39, 0.29) is 5.91 Å². The number of nitrogens with one attached hydrogen (secondary N) is 1. The second kappa shape index (κ2) is 7.85. The number of halogens is 1. The largest absolute Gasteiger partial charge is 0.466 e. The van der Waals surface area contributed by atoms with Crippen LogP contribution in [0.4, 0.5) is 0 Å². The van der Waals surface area contributed by atoms with Crippen molar-refractivity contribution in [1.82, 2.24) is 5.32 Å². The molecule has 0 aliphatic heterocycles. The lowest BCUT2D eigenvalue weighted by molar-refractivity contribution is -0.126. The SMILES string of the molecule is Cc1cc(C(O)CCNC(=O)C2(c3ccc(Cl)cc3)CCCC2)c(C)o1. The Kier molecular flexibility index (Phi) is 5.73. The summed E-state index contributed by atoms with van der Waals surface area (Å²) in [5, 5.41) is 14.1. The number of benzene rings is 1. The van der Waals surface area contributed by atoms with Crippen molar-refractivity contribution in [2.75, 3.05) is 6.54 Å². The smallest absolute Gasteiger partial charge is 0.230 e. The van der Waals surface area contributed by atoms with Gasteiger partial charge in [0, 0.05) is 17.1 Å². The number of hydrogen-bond acceptors (Lipinski definition) is 3. The molecule has 1 aliphatic rings. The predicted octanol–water partition coefficient (Wildman–Crippen LogP) is 4.60. The van der Waals surface area contributed by atoms with Gasteiger partial charge in [-0.05, 0) is 56.9 Å². The van der Waals surface area contributed by atoms with Gasteiger partial charge in [-0.3, -0.25) is 4.79 Å². The quantitative estimate of drug-likeness (QED) is 0.775. The number of rotatable bonds is 6. The minimum absolute atomic E-state index is 0.0459. The number of furan rings is 1. The van der Waals surface area contributed by atoms with E-state index < -0.39 is 11.5 Å². The highest BCUT2D eigenvalue weighted by molar-refractivity contribution is 6.30. The third kappa shape index (κ3) is 3.81. The summed E-state index contributed by atoms with van der Waals surface area (Å²) in [5.74, 6) is 1.56. The van der Waals surface area contributed by atoms with E-state index in [1.165, 1.54) is 0 Å². The number of carbonyl (C=O) groups excluding carboxylic acids is 1. The van der Waals surface area contributed by atoms with E-state index in [1.807, 2.05) is 44.2 Å². The molecule has 1 saturated carbocycles. The molecule has 1 unspecified atom stereocenters. The lowest BCUT2D eigenvalue weighted by Gasteiger charge is -2.28. The molecule has 1 amide bonds. The Morgan fingerprint density at radius 1 is 1.27 bits per heavy atom. The molecule has 1 atom stereocenters. The van der Waals surface area contributed by atoms with Crippen LogP contribution >= 0.6 is 11.6 Å². The maximum absolute atomic E-state index is 13.0. The van der Waals surface area contributed by atoms with Gasteiger partial charge in [-0.25, -0.2) is 0 Å². The molecule has 3 rings (SSSR count). The van der Waals surface area contributed by atoms with Gasteiger partial charge in [-0.1, -0.05) is 36.6 Å². The summed E-state index contributed by atoms with van der Waals surface area (Å²) in [4.78, 5) is 13.0. The third-order valence-corrected chi connectivity index (χ3v) is 5.68. The number of amides is 1. The number of hydrogen-bond donors (Lipinski definition) is 2. The molecule has 2 aromatic rings. The molecule has 1 aliphatic carbocycles. The van der Waals surface area contributed by atoms with Crippen molar-refractivity contribution >= 4 is 17.5 Å². The summed E-state index contributed by atoms with van der Waals surface area (Å²) in [5.41, 5.74) is 1.35. The summed E-state index contributed by atoms with van der Waals surface area (Å²) in [7, 11) is 0. The molecule has 0 bridgehead atoms. The molecule has 1 aromatic heterocycles. The van der Waals surface area contributed by atoms with Crippen molar-refractivity contribution in [2.45, 2.75) is 57.5 Å². The Morgan fingerprint density at radius 3 is 2.50 bits per heavy atom. The van der Waals surface area contributed by atoms with Crippen molar-refractivity contribution in [2.24, 2.45) is 0 Å². The molecule has 1 aromatic carbocycles. The highest BCUT2D eigenvalue weighted by Gasteiger charge is 2.42. The molecule has 0 saturated heterocycles. The van der Waals surface area contributed by atoms with Crippen LogP contribution in [0.25, 0.3) is 0 Å². The van der Waals surface area contributed by atoms with Gasteiger partial charge < -0.3 is 14.8 Å². The van der Waals surface area contributed by atoms with Crippen LogP contribution in [-0.4, -0.2) is 17.6 Å². The summed E-state index contributed by atoms with van der Waals surface area (Å²) < 4.78 is 5.47. The first kappa shape index (κ1) is 19.0. The van der Waals surface area contributed by atoms with E-state index in [0.29, 0.717) is 18.0 Å². The maximum atomic E-state index is 13.0. The molecular formula is C21H26ClNO3.